The maximum Gasteiger partial charge on any atom is 0.106 e. The summed E-state index contributed by atoms with van der Waals surface area (Å²) in [5.74, 6) is 0. The first-order chi connectivity index (χ1) is 12.8. The number of nitrogens with zero attached hydrogens (tertiary/aromatic N) is 3. The average molecular weight is 349 g/mol. The van der Waals surface area contributed by atoms with Crippen LogP contribution in [-0.4, -0.2) is 49.1 Å². The molecule has 0 amide bonds. The second-order valence-corrected chi connectivity index (χ2v) is 6.43. The third kappa shape index (κ3) is 3.49. The predicted molar refractivity (Wildman–Crippen MR) is 104 cm³/mol. The highest BCUT2D eigenvalue weighted by Crippen LogP contribution is 2.25. The van der Waals surface area contributed by atoms with Gasteiger partial charge in [-0.2, -0.15) is 0 Å². The molecule has 0 aliphatic carbocycles. The first-order valence-corrected chi connectivity index (χ1v) is 8.91. The van der Waals surface area contributed by atoms with Gasteiger partial charge in [-0.3, -0.25) is 4.90 Å². The van der Waals surface area contributed by atoms with Crippen LogP contribution >= 0.6 is 0 Å². The van der Waals surface area contributed by atoms with Crippen molar-refractivity contribution >= 4 is 17.1 Å². The molecular formula is C21H23N3O2. The van der Waals surface area contributed by atoms with Gasteiger partial charge in [-0.25, -0.2) is 0 Å². The van der Waals surface area contributed by atoms with Gasteiger partial charge in [0.2, 0.25) is 0 Å². The Morgan fingerprint density at radius 2 is 1.88 bits per heavy atom. The molecule has 134 valence electrons. The van der Waals surface area contributed by atoms with Crippen molar-refractivity contribution in [1.82, 2.24) is 9.47 Å². The van der Waals surface area contributed by atoms with Crippen LogP contribution in [0.3, 0.4) is 0 Å². The van der Waals surface area contributed by atoms with Crippen LogP contribution in [0, 0.1) is 0 Å². The number of hydrogen-bond acceptors (Lipinski definition) is 4. The molecular weight excluding hydrogens is 326 g/mol. The van der Waals surface area contributed by atoms with Crippen LogP contribution in [0.15, 0.2) is 59.9 Å². The molecule has 2 aromatic carbocycles. The Balaban J connectivity index is 1.62. The van der Waals surface area contributed by atoms with Crippen LogP contribution in [0.4, 0.5) is 0 Å². The summed E-state index contributed by atoms with van der Waals surface area (Å²) in [6.45, 7) is 4.63. The summed E-state index contributed by atoms with van der Waals surface area (Å²) in [5, 5.41) is 5.12. The van der Waals surface area contributed by atoms with Gasteiger partial charge < -0.3 is 14.1 Å². The number of hydrogen-bond donors (Lipinski definition) is 0. The SMILES string of the molecule is CO/N=C\c1ccc(-n2ccc3c(CN4CCOCC4)cccc32)cc1. The van der Waals surface area contributed by atoms with E-state index in [1.165, 1.54) is 16.5 Å². The topological polar surface area (TPSA) is 39.0 Å². The molecule has 5 nitrogen and oxygen atoms in total. The summed E-state index contributed by atoms with van der Waals surface area (Å²) in [5.41, 5.74) is 4.75. The van der Waals surface area contributed by atoms with Crippen LogP contribution in [-0.2, 0) is 16.1 Å². The van der Waals surface area contributed by atoms with Crippen LogP contribution in [0.25, 0.3) is 16.6 Å². The minimum Gasteiger partial charge on any atom is -0.399 e. The van der Waals surface area contributed by atoms with Gasteiger partial charge in [0.1, 0.15) is 7.11 Å². The van der Waals surface area contributed by atoms with Gasteiger partial charge in [-0.05, 0) is 35.4 Å². The molecule has 1 saturated heterocycles. The fourth-order valence-corrected chi connectivity index (χ4v) is 3.43. The summed E-state index contributed by atoms with van der Waals surface area (Å²) in [4.78, 5) is 7.19. The number of rotatable bonds is 5. The molecule has 2 heterocycles. The number of benzene rings is 2. The summed E-state index contributed by atoms with van der Waals surface area (Å²) in [6.07, 6.45) is 3.85. The van der Waals surface area contributed by atoms with E-state index in [1.54, 1.807) is 13.3 Å². The first kappa shape index (κ1) is 16.8. The summed E-state index contributed by atoms with van der Waals surface area (Å²) >= 11 is 0. The van der Waals surface area contributed by atoms with Gasteiger partial charge in [0, 0.05) is 36.9 Å². The molecule has 1 fully saturated rings. The van der Waals surface area contributed by atoms with Crippen LogP contribution in [0.5, 0.6) is 0 Å². The zero-order chi connectivity index (χ0) is 17.8. The molecule has 5 heteroatoms. The van der Waals surface area contributed by atoms with Crippen molar-refractivity contribution < 1.29 is 9.57 Å². The average Bonchev–Trinajstić information content (AvgIpc) is 3.13. The van der Waals surface area contributed by atoms with Crippen LogP contribution in [0.1, 0.15) is 11.1 Å². The lowest BCUT2D eigenvalue weighted by Crippen LogP contribution is -2.35. The molecule has 0 unspecified atom stereocenters. The van der Waals surface area contributed by atoms with Crippen molar-refractivity contribution in [1.29, 1.82) is 0 Å². The summed E-state index contributed by atoms with van der Waals surface area (Å²) in [7, 11) is 1.55. The second kappa shape index (κ2) is 7.72. The normalized spacial score (nSPS) is 15.7. The van der Waals surface area contributed by atoms with Crippen LogP contribution < -0.4 is 0 Å². The number of ether oxygens (including phenoxy) is 1. The number of aromatic nitrogens is 1. The Bertz CT molecular complexity index is 893. The van der Waals surface area contributed by atoms with Gasteiger partial charge in [0.05, 0.1) is 24.9 Å². The maximum absolute atomic E-state index is 5.46. The number of fused-ring (bicyclic) bond motifs is 1. The molecule has 3 aromatic rings. The van der Waals surface area contributed by atoms with Crippen molar-refractivity contribution in [2.75, 3.05) is 33.4 Å². The second-order valence-electron chi connectivity index (χ2n) is 6.43. The summed E-state index contributed by atoms with van der Waals surface area (Å²) < 4.78 is 7.69. The van der Waals surface area contributed by atoms with Gasteiger partial charge >= 0.3 is 0 Å². The van der Waals surface area contributed by atoms with Crippen molar-refractivity contribution in [2.45, 2.75) is 6.54 Å². The predicted octanol–water partition coefficient (Wildman–Crippen LogP) is 3.44. The highest BCUT2D eigenvalue weighted by Gasteiger charge is 2.13. The largest absolute Gasteiger partial charge is 0.399 e. The van der Waals surface area contributed by atoms with E-state index in [0.29, 0.717) is 0 Å². The highest BCUT2D eigenvalue weighted by atomic mass is 16.6. The van der Waals surface area contributed by atoms with E-state index in [9.17, 15) is 0 Å². The number of oxime groups is 1. The van der Waals surface area contributed by atoms with Crippen molar-refractivity contribution in [2.24, 2.45) is 5.16 Å². The van der Waals surface area contributed by atoms with E-state index in [4.69, 9.17) is 9.57 Å². The smallest absolute Gasteiger partial charge is 0.106 e. The van der Waals surface area contributed by atoms with E-state index in [-0.39, 0.29) is 0 Å². The van der Waals surface area contributed by atoms with E-state index in [2.05, 4.69) is 57.2 Å². The first-order valence-electron chi connectivity index (χ1n) is 8.91. The Morgan fingerprint density at radius 1 is 1.08 bits per heavy atom. The Morgan fingerprint density at radius 3 is 2.65 bits per heavy atom. The molecule has 0 bridgehead atoms. The zero-order valence-corrected chi connectivity index (χ0v) is 15.0. The van der Waals surface area contributed by atoms with Gasteiger partial charge in [0.25, 0.3) is 0 Å². The molecule has 4 rings (SSSR count). The lowest BCUT2D eigenvalue weighted by molar-refractivity contribution is 0.0344. The fraction of sp³-hybridized carbons (Fsp3) is 0.286. The molecule has 0 spiro atoms. The van der Waals surface area contributed by atoms with E-state index >= 15 is 0 Å². The minimum absolute atomic E-state index is 0.829. The third-order valence-corrected chi connectivity index (χ3v) is 4.80. The third-order valence-electron chi connectivity index (χ3n) is 4.80. The Hall–Kier alpha value is -2.63. The molecule has 0 radical (unpaired) electrons. The van der Waals surface area contributed by atoms with Crippen LogP contribution in [0.2, 0.25) is 0 Å². The van der Waals surface area contributed by atoms with Gasteiger partial charge in [-0.15, -0.1) is 0 Å². The molecule has 0 atom stereocenters. The molecule has 1 aliphatic heterocycles. The lowest BCUT2D eigenvalue weighted by atomic mass is 10.1. The molecule has 0 saturated carbocycles. The molecule has 0 N–H and O–H groups in total. The molecule has 1 aromatic heterocycles. The molecule has 1 aliphatic rings. The molecule has 26 heavy (non-hydrogen) atoms. The highest BCUT2D eigenvalue weighted by molar-refractivity contribution is 5.85. The quantitative estimate of drug-likeness (QED) is 0.523. The van der Waals surface area contributed by atoms with Crippen molar-refractivity contribution in [3.8, 4) is 5.69 Å². The Kier molecular flexibility index (Phi) is 5.00. The lowest BCUT2D eigenvalue weighted by Gasteiger charge is -2.26. The van der Waals surface area contributed by atoms with E-state index in [1.807, 2.05) is 12.1 Å². The number of morpholine rings is 1. The zero-order valence-electron chi connectivity index (χ0n) is 15.0. The Labute approximate surface area is 153 Å². The fourth-order valence-electron chi connectivity index (χ4n) is 3.43. The standard InChI is InChI=1S/C21H23N3O2/c1-25-22-15-17-5-7-19(8-6-17)24-10-9-20-18(3-2-4-21(20)24)16-23-11-13-26-14-12-23/h2-10,15H,11-14,16H2,1H3/b22-15-. The van der Waals surface area contributed by atoms with E-state index in [0.717, 1.165) is 44.1 Å². The van der Waals surface area contributed by atoms with Crippen molar-refractivity contribution in [3.63, 3.8) is 0 Å². The van der Waals surface area contributed by atoms with Gasteiger partial charge in [-0.1, -0.05) is 29.4 Å². The minimum atomic E-state index is 0.829. The van der Waals surface area contributed by atoms with E-state index < -0.39 is 0 Å². The monoisotopic (exact) mass is 349 g/mol. The van der Waals surface area contributed by atoms with Crippen molar-refractivity contribution in [3.05, 3.63) is 65.9 Å². The van der Waals surface area contributed by atoms with Gasteiger partial charge in [0.15, 0.2) is 0 Å². The maximum atomic E-state index is 5.46. The summed E-state index contributed by atoms with van der Waals surface area (Å²) in [6, 6.07) is 17.1.